The third-order valence-corrected chi connectivity index (χ3v) is 4.99. The second-order valence-corrected chi connectivity index (χ2v) is 7.05. The maximum Gasteiger partial charge on any atom is 0.141 e. The van der Waals surface area contributed by atoms with Crippen LogP contribution < -0.4 is 5.32 Å². The van der Waals surface area contributed by atoms with Crippen LogP contribution in [-0.2, 0) is 6.54 Å². The number of nitrogens with one attached hydrogen (secondary N) is 1. The molecule has 1 spiro atoms. The minimum absolute atomic E-state index is 0.359. The second-order valence-electron chi connectivity index (χ2n) is 7.05. The predicted octanol–water partition coefficient (Wildman–Crippen LogP) is 2.36. The Labute approximate surface area is 128 Å². The van der Waals surface area contributed by atoms with Crippen LogP contribution in [0.15, 0.2) is 6.33 Å². The molecular formula is C16H29N5. The Morgan fingerprint density at radius 3 is 2.81 bits per heavy atom. The van der Waals surface area contributed by atoms with Crippen molar-refractivity contribution in [2.75, 3.05) is 19.6 Å². The van der Waals surface area contributed by atoms with Crippen LogP contribution in [0.25, 0.3) is 0 Å². The molecule has 5 nitrogen and oxygen atoms in total. The number of hydrogen-bond acceptors (Lipinski definition) is 4. The lowest BCUT2D eigenvalue weighted by Gasteiger charge is -2.40. The average Bonchev–Trinajstić information content (AvgIpc) is 2.84. The summed E-state index contributed by atoms with van der Waals surface area (Å²) >= 11 is 0. The Morgan fingerprint density at radius 2 is 2.05 bits per heavy atom. The lowest BCUT2D eigenvalue weighted by Crippen LogP contribution is -2.52. The fourth-order valence-electron chi connectivity index (χ4n) is 3.94. The molecule has 0 unspecified atom stereocenters. The first-order chi connectivity index (χ1) is 10.2. The number of nitrogens with zero attached hydrogens (tertiary/aromatic N) is 4. The summed E-state index contributed by atoms with van der Waals surface area (Å²) in [4.78, 5) is 7.08. The predicted molar refractivity (Wildman–Crippen MR) is 84.1 cm³/mol. The van der Waals surface area contributed by atoms with Crippen LogP contribution in [-0.4, -0.2) is 44.8 Å². The number of aromatic nitrogens is 3. The van der Waals surface area contributed by atoms with Gasteiger partial charge in [0.15, 0.2) is 0 Å². The van der Waals surface area contributed by atoms with Gasteiger partial charge in [-0.2, -0.15) is 5.10 Å². The van der Waals surface area contributed by atoms with Crippen LogP contribution in [0.4, 0.5) is 0 Å². The van der Waals surface area contributed by atoms with E-state index < -0.39 is 0 Å². The van der Waals surface area contributed by atoms with E-state index in [-0.39, 0.29) is 0 Å². The zero-order valence-electron chi connectivity index (χ0n) is 13.5. The molecule has 1 aromatic heterocycles. The van der Waals surface area contributed by atoms with Gasteiger partial charge in [0.25, 0.3) is 0 Å². The van der Waals surface area contributed by atoms with E-state index in [9.17, 15) is 0 Å². The molecular weight excluding hydrogens is 262 g/mol. The average molecular weight is 291 g/mol. The SMILES string of the molecule is CC(C)n1ncnc1CN1CCCNC2(CCCCC2)C1. The molecule has 1 aliphatic heterocycles. The summed E-state index contributed by atoms with van der Waals surface area (Å²) in [7, 11) is 0. The molecule has 1 saturated heterocycles. The van der Waals surface area contributed by atoms with E-state index in [0.717, 1.165) is 25.5 Å². The number of rotatable bonds is 3. The molecule has 1 aromatic rings. The van der Waals surface area contributed by atoms with E-state index in [1.54, 1.807) is 6.33 Å². The molecule has 5 heteroatoms. The Balaban J connectivity index is 1.70. The Kier molecular flexibility index (Phi) is 4.60. The van der Waals surface area contributed by atoms with Crippen molar-refractivity contribution >= 4 is 0 Å². The molecule has 1 N–H and O–H groups in total. The topological polar surface area (TPSA) is 46.0 Å². The largest absolute Gasteiger partial charge is 0.310 e. The summed E-state index contributed by atoms with van der Waals surface area (Å²) in [6.45, 7) is 8.77. The van der Waals surface area contributed by atoms with Gasteiger partial charge in [0.05, 0.1) is 6.54 Å². The summed E-state index contributed by atoms with van der Waals surface area (Å²) in [5, 5.41) is 8.23. The van der Waals surface area contributed by atoms with Gasteiger partial charge >= 0.3 is 0 Å². The van der Waals surface area contributed by atoms with E-state index >= 15 is 0 Å². The van der Waals surface area contributed by atoms with Crippen LogP contribution in [0.5, 0.6) is 0 Å². The van der Waals surface area contributed by atoms with Crippen LogP contribution in [0.2, 0.25) is 0 Å². The van der Waals surface area contributed by atoms with Gasteiger partial charge in [-0.3, -0.25) is 4.90 Å². The fraction of sp³-hybridized carbons (Fsp3) is 0.875. The standard InChI is InChI=1S/C16H29N5/c1-14(2)21-15(17-13-19-21)11-20-10-6-9-18-16(12-20)7-4-3-5-8-16/h13-14,18H,3-12H2,1-2H3. The van der Waals surface area contributed by atoms with E-state index in [1.165, 1.54) is 45.1 Å². The van der Waals surface area contributed by atoms with Gasteiger partial charge in [0.2, 0.25) is 0 Å². The molecule has 0 bridgehead atoms. The first kappa shape index (κ1) is 15.0. The van der Waals surface area contributed by atoms with Gasteiger partial charge in [0, 0.05) is 18.1 Å². The third kappa shape index (κ3) is 3.46. The molecule has 0 atom stereocenters. The molecule has 1 saturated carbocycles. The molecule has 1 aliphatic carbocycles. The van der Waals surface area contributed by atoms with E-state index in [1.807, 2.05) is 0 Å². The zero-order valence-corrected chi connectivity index (χ0v) is 13.5. The van der Waals surface area contributed by atoms with Crippen molar-refractivity contribution in [3.63, 3.8) is 0 Å². The van der Waals surface area contributed by atoms with Crippen molar-refractivity contribution < 1.29 is 0 Å². The molecule has 0 radical (unpaired) electrons. The fourth-order valence-corrected chi connectivity index (χ4v) is 3.94. The summed E-state index contributed by atoms with van der Waals surface area (Å²) < 4.78 is 2.06. The molecule has 2 fully saturated rings. The van der Waals surface area contributed by atoms with E-state index in [0.29, 0.717) is 11.6 Å². The maximum absolute atomic E-state index is 4.49. The highest BCUT2D eigenvalue weighted by Gasteiger charge is 2.35. The summed E-state index contributed by atoms with van der Waals surface area (Å²) in [6.07, 6.45) is 9.76. The highest BCUT2D eigenvalue weighted by Crippen LogP contribution is 2.30. The minimum atomic E-state index is 0.359. The molecule has 0 amide bonds. The highest BCUT2D eigenvalue weighted by molar-refractivity contribution is 4.97. The number of hydrogen-bond donors (Lipinski definition) is 1. The van der Waals surface area contributed by atoms with E-state index in [4.69, 9.17) is 0 Å². The lowest BCUT2D eigenvalue weighted by molar-refractivity contribution is 0.155. The summed E-state index contributed by atoms with van der Waals surface area (Å²) in [5.74, 6) is 1.11. The van der Waals surface area contributed by atoms with Crippen molar-refractivity contribution in [1.29, 1.82) is 0 Å². The van der Waals surface area contributed by atoms with Crippen molar-refractivity contribution in [1.82, 2.24) is 25.0 Å². The van der Waals surface area contributed by atoms with Gasteiger partial charge in [-0.05, 0) is 46.2 Å². The molecule has 21 heavy (non-hydrogen) atoms. The van der Waals surface area contributed by atoms with Gasteiger partial charge in [-0.15, -0.1) is 0 Å². The summed E-state index contributed by atoms with van der Waals surface area (Å²) in [6, 6.07) is 0.385. The Bertz CT molecular complexity index is 447. The highest BCUT2D eigenvalue weighted by atomic mass is 15.4. The normalized spacial score (nSPS) is 23.6. The second kappa shape index (κ2) is 6.44. The van der Waals surface area contributed by atoms with Crippen molar-refractivity contribution in [3.05, 3.63) is 12.2 Å². The summed E-state index contributed by atoms with van der Waals surface area (Å²) in [5.41, 5.74) is 0.359. The first-order valence-corrected chi connectivity index (χ1v) is 8.54. The van der Waals surface area contributed by atoms with Crippen molar-refractivity contribution in [3.8, 4) is 0 Å². The molecule has 3 rings (SSSR count). The first-order valence-electron chi connectivity index (χ1n) is 8.54. The minimum Gasteiger partial charge on any atom is -0.310 e. The Hall–Kier alpha value is -0.940. The van der Waals surface area contributed by atoms with Gasteiger partial charge < -0.3 is 5.32 Å². The van der Waals surface area contributed by atoms with Gasteiger partial charge in [-0.1, -0.05) is 19.3 Å². The molecule has 118 valence electrons. The van der Waals surface area contributed by atoms with Crippen LogP contribution >= 0.6 is 0 Å². The van der Waals surface area contributed by atoms with Crippen LogP contribution in [0.3, 0.4) is 0 Å². The van der Waals surface area contributed by atoms with Gasteiger partial charge in [-0.25, -0.2) is 9.67 Å². The van der Waals surface area contributed by atoms with E-state index in [2.05, 4.69) is 38.8 Å². The third-order valence-electron chi connectivity index (χ3n) is 4.99. The lowest BCUT2D eigenvalue weighted by atomic mass is 9.81. The molecule has 2 heterocycles. The van der Waals surface area contributed by atoms with Crippen LogP contribution in [0, 0.1) is 0 Å². The zero-order chi connectivity index (χ0) is 14.7. The Morgan fingerprint density at radius 1 is 1.24 bits per heavy atom. The maximum atomic E-state index is 4.49. The quantitative estimate of drug-likeness (QED) is 0.928. The van der Waals surface area contributed by atoms with Crippen molar-refractivity contribution in [2.24, 2.45) is 0 Å². The van der Waals surface area contributed by atoms with Gasteiger partial charge in [0.1, 0.15) is 12.2 Å². The molecule has 0 aromatic carbocycles. The van der Waals surface area contributed by atoms with Crippen molar-refractivity contribution in [2.45, 2.75) is 70.5 Å². The molecule has 2 aliphatic rings. The van der Waals surface area contributed by atoms with Crippen LogP contribution in [0.1, 0.15) is 64.2 Å². The smallest absolute Gasteiger partial charge is 0.141 e. The monoisotopic (exact) mass is 291 g/mol.